The zero-order valence-corrected chi connectivity index (χ0v) is 18.4. The minimum atomic E-state index is -0.178. The third-order valence-electron chi connectivity index (χ3n) is 6.22. The van der Waals surface area contributed by atoms with E-state index in [1.165, 1.54) is 16.0 Å². The molecule has 7 nitrogen and oxygen atoms in total. The van der Waals surface area contributed by atoms with Crippen molar-refractivity contribution in [2.75, 3.05) is 53.5 Å². The maximum absolute atomic E-state index is 12.5. The van der Waals surface area contributed by atoms with Crippen molar-refractivity contribution in [1.29, 1.82) is 0 Å². The minimum absolute atomic E-state index is 0.178. The van der Waals surface area contributed by atoms with E-state index in [-0.39, 0.29) is 11.8 Å². The zero-order chi connectivity index (χ0) is 22.0. The van der Waals surface area contributed by atoms with Gasteiger partial charge in [0, 0.05) is 45.8 Å². The SMILES string of the molecule is COc1cc(C)c(CN2CCN(CCN3C(=O)c4ccccc4C3=O)CC2)cc1OC. The fourth-order valence-corrected chi connectivity index (χ4v) is 4.29. The first kappa shape index (κ1) is 21.3. The van der Waals surface area contributed by atoms with Crippen molar-refractivity contribution in [3.05, 3.63) is 58.7 Å². The molecule has 7 heteroatoms. The van der Waals surface area contributed by atoms with E-state index in [0.717, 1.165) is 44.2 Å². The number of carbonyl (C=O) groups is 2. The number of hydrogen-bond acceptors (Lipinski definition) is 6. The van der Waals surface area contributed by atoms with Crippen LogP contribution in [0.1, 0.15) is 31.8 Å². The van der Waals surface area contributed by atoms with Crippen LogP contribution < -0.4 is 9.47 Å². The van der Waals surface area contributed by atoms with E-state index in [2.05, 4.69) is 22.8 Å². The monoisotopic (exact) mass is 423 g/mol. The summed E-state index contributed by atoms with van der Waals surface area (Å²) in [5, 5.41) is 0. The van der Waals surface area contributed by atoms with E-state index in [1.807, 2.05) is 6.07 Å². The van der Waals surface area contributed by atoms with Crippen molar-refractivity contribution in [2.24, 2.45) is 0 Å². The van der Waals surface area contributed by atoms with Gasteiger partial charge in [-0.1, -0.05) is 12.1 Å². The van der Waals surface area contributed by atoms with Gasteiger partial charge >= 0.3 is 0 Å². The van der Waals surface area contributed by atoms with Gasteiger partial charge in [-0.3, -0.25) is 24.3 Å². The van der Waals surface area contributed by atoms with Gasteiger partial charge in [-0.25, -0.2) is 0 Å². The molecular formula is C24H29N3O4. The maximum atomic E-state index is 12.5. The van der Waals surface area contributed by atoms with Crippen LogP contribution in [-0.2, 0) is 6.54 Å². The van der Waals surface area contributed by atoms with Crippen molar-refractivity contribution in [3.8, 4) is 11.5 Å². The Bertz CT molecular complexity index is 948. The average Bonchev–Trinajstić information content (AvgIpc) is 3.04. The first-order valence-electron chi connectivity index (χ1n) is 10.6. The normalized spacial score (nSPS) is 17.2. The van der Waals surface area contributed by atoms with Crippen LogP contribution in [0.3, 0.4) is 0 Å². The second-order valence-electron chi connectivity index (χ2n) is 8.06. The molecule has 0 bridgehead atoms. The molecule has 0 aliphatic carbocycles. The molecular weight excluding hydrogens is 394 g/mol. The number of aryl methyl sites for hydroxylation is 1. The van der Waals surface area contributed by atoms with Gasteiger partial charge in [0.25, 0.3) is 11.8 Å². The first-order valence-corrected chi connectivity index (χ1v) is 10.6. The molecule has 0 aromatic heterocycles. The smallest absolute Gasteiger partial charge is 0.261 e. The number of benzene rings is 2. The number of ether oxygens (including phenoxy) is 2. The van der Waals surface area contributed by atoms with Gasteiger partial charge in [-0.2, -0.15) is 0 Å². The molecule has 0 saturated carbocycles. The van der Waals surface area contributed by atoms with Crippen molar-refractivity contribution in [1.82, 2.24) is 14.7 Å². The summed E-state index contributed by atoms with van der Waals surface area (Å²) in [6.07, 6.45) is 0. The van der Waals surface area contributed by atoms with Crippen LogP contribution in [-0.4, -0.2) is 80.0 Å². The second-order valence-corrected chi connectivity index (χ2v) is 8.06. The highest BCUT2D eigenvalue weighted by Gasteiger charge is 2.35. The number of hydrogen-bond donors (Lipinski definition) is 0. The summed E-state index contributed by atoms with van der Waals surface area (Å²) in [5.41, 5.74) is 3.45. The van der Waals surface area contributed by atoms with Gasteiger partial charge < -0.3 is 9.47 Å². The van der Waals surface area contributed by atoms with Crippen molar-refractivity contribution in [2.45, 2.75) is 13.5 Å². The molecule has 2 aromatic carbocycles. The largest absolute Gasteiger partial charge is 0.493 e. The van der Waals surface area contributed by atoms with Crippen LogP contribution in [0.4, 0.5) is 0 Å². The average molecular weight is 424 g/mol. The van der Waals surface area contributed by atoms with Crippen LogP contribution in [0, 0.1) is 6.92 Å². The lowest BCUT2D eigenvalue weighted by molar-refractivity contribution is 0.0612. The number of imide groups is 1. The van der Waals surface area contributed by atoms with Crippen LogP contribution in [0.25, 0.3) is 0 Å². The third kappa shape index (κ3) is 4.29. The summed E-state index contributed by atoms with van der Waals surface area (Å²) >= 11 is 0. The molecule has 1 saturated heterocycles. The maximum Gasteiger partial charge on any atom is 0.261 e. The number of rotatable bonds is 7. The molecule has 31 heavy (non-hydrogen) atoms. The molecule has 0 unspecified atom stereocenters. The highest BCUT2D eigenvalue weighted by atomic mass is 16.5. The van der Waals surface area contributed by atoms with Crippen LogP contribution in [0.15, 0.2) is 36.4 Å². The number of amides is 2. The number of nitrogens with zero attached hydrogens (tertiary/aromatic N) is 3. The van der Waals surface area contributed by atoms with E-state index in [1.54, 1.807) is 38.5 Å². The van der Waals surface area contributed by atoms with Gasteiger partial charge in [0.15, 0.2) is 11.5 Å². The number of carbonyl (C=O) groups excluding carboxylic acids is 2. The van der Waals surface area contributed by atoms with Gasteiger partial charge in [-0.15, -0.1) is 0 Å². The molecule has 0 N–H and O–H groups in total. The van der Waals surface area contributed by atoms with Crippen LogP contribution >= 0.6 is 0 Å². The van der Waals surface area contributed by atoms with E-state index >= 15 is 0 Å². The fraction of sp³-hybridized carbons (Fsp3) is 0.417. The Balaban J connectivity index is 1.29. The summed E-state index contributed by atoms with van der Waals surface area (Å²) in [6.45, 7) is 7.79. The van der Waals surface area contributed by atoms with Crippen molar-refractivity contribution >= 4 is 11.8 Å². The minimum Gasteiger partial charge on any atom is -0.493 e. The Hall–Kier alpha value is -2.90. The van der Waals surface area contributed by atoms with E-state index < -0.39 is 0 Å². The molecule has 2 amide bonds. The lowest BCUT2D eigenvalue weighted by Crippen LogP contribution is -2.48. The van der Waals surface area contributed by atoms with Gasteiger partial charge in [0.2, 0.25) is 0 Å². The Morgan fingerprint density at radius 1 is 0.806 bits per heavy atom. The molecule has 2 aromatic rings. The molecule has 2 aliphatic heterocycles. The number of piperazine rings is 1. The van der Waals surface area contributed by atoms with Gasteiger partial charge in [0.1, 0.15) is 0 Å². The standard InChI is InChI=1S/C24H29N3O4/c1-17-14-21(30-2)22(31-3)15-18(17)16-26-10-8-25(9-11-26)12-13-27-23(28)19-6-4-5-7-20(19)24(27)29/h4-7,14-15H,8-13,16H2,1-3H3. The van der Waals surface area contributed by atoms with Crippen molar-refractivity contribution in [3.63, 3.8) is 0 Å². The quantitative estimate of drug-likeness (QED) is 0.638. The molecule has 4 rings (SSSR count). The van der Waals surface area contributed by atoms with E-state index in [9.17, 15) is 9.59 Å². The van der Waals surface area contributed by atoms with E-state index in [4.69, 9.17) is 9.47 Å². The lowest BCUT2D eigenvalue weighted by atomic mass is 10.1. The van der Waals surface area contributed by atoms with E-state index in [0.29, 0.717) is 24.2 Å². The van der Waals surface area contributed by atoms with Crippen molar-refractivity contribution < 1.29 is 19.1 Å². The molecule has 1 fully saturated rings. The first-order chi connectivity index (χ1) is 15.0. The Morgan fingerprint density at radius 2 is 1.35 bits per heavy atom. The van der Waals surface area contributed by atoms with Gasteiger partial charge in [-0.05, 0) is 42.3 Å². The predicted molar refractivity (Wildman–Crippen MR) is 118 cm³/mol. The topological polar surface area (TPSA) is 62.3 Å². The number of fused-ring (bicyclic) bond motifs is 1. The Morgan fingerprint density at radius 3 is 1.94 bits per heavy atom. The molecule has 0 atom stereocenters. The number of methoxy groups -OCH3 is 2. The van der Waals surface area contributed by atoms with Gasteiger partial charge in [0.05, 0.1) is 25.3 Å². The third-order valence-corrected chi connectivity index (χ3v) is 6.22. The molecule has 164 valence electrons. The summed E-state index contributed by atoms with van der Waals surface area (Å²) in [5.74, 6) is 1.15. The zero-order valence-electron chi connectivity index (χ0n) is 18.4. The lowest BCUT2D eigenvalue weighted by Gasteiger charge is -2.35. The summed E-state index contributed by atoms with van der Waals surface area (Å²) in [7, 11) is 3.31. The van der Waals surface area contributed by atoms with Crippen LogP contribution in [0.5, 0.6) is 11.5 Å². The Kier molecular flexibility index (Phi) is 6.25. The fourth-order valence-electron chi connectivity index (χ4n) is 4.29. The summed E-state index contributed by atoms with van der Waals surface area (Å²) in [4.78, 5) is 31.2. The summed E-state index contributed by atoms with van der Waals surface area (Å²) < 4.78 is 10.8. The highest BCUT2D eigenvalue weighted by Crippen LogP contribution is 2.31. The molecule has 2 heterocycles. The predicted octanol–water partition coefficient (Wildman–Crippen LogP) is 2.43. The highest BCUT2D eigenvalue weighted by molar-refractivity contribution is 6.21. The molecule has 2 aliphatic rings. The molecule has 0 spiro atoms. The molecule has 0 radical (unpaired) electrons. The Labute approximate surface area is 183 Å². The summed E-state index contributed by atoms with van der Waals surface area (Å²) in [6, 6.07) is 11.1. The van der Waals surface area contributed by atoms with Crippen LogP contribution in [0.2, 0.25) is 0 Å². The second kappa shape index (κ2) is 9.08.